The maximum Gasteiger partial charge on any atom is 0.271 e. The highest BCUT2D eigenvalue weighted by molar-refractivity contribution is 5.97. The van der Waals surface area contributed by atoms with Crippen molar-refractivity contribution in [3.05, 3.63) is 81.0 Å². The number of anilines is 1. The van der Waals surface area contributed by atoms with Crippen LogP contribution in [0.3, 0.4) is 0 Å². The fourth-order valence-corrected chi connectivity index (χ4v) is 3.39. The Morgan fingerprint density at radius 1 is 1.21 bits per heavy atom. The number of benzene rings is 2. The number of fused-ring (bicyclic) bond motifs is 1. The van der Waals surface area contributed by atoms with Crippen LogP contribution in [-0.4, -0.2) is 10.8 Å². The lowest BCUT2D eigenvalue weighted by molar-refractivity contribution is -0.384. The highest BCUT2D eigenvalue weighted by atomic mass is 16.6. The number of carbonyl (C=O) groups is 1. The van der Waals surface area contributed by atoms with E-state index < -0.39 is 10.8 Å². The van der Waals surface area contributed by atoms with Gasteiger partial charge < -0.3 is 10.6 Å². The van der Waals surface area contributed by atoms with Crippen molar-refractivity contribution in [2.45, 2.75) is 38.6 Å². The molecular formula is C22H22N4O3. The summed E-state index contributed by atoms with van der Waals surface area (Å²) in [6.45, 7) is 1.88. The Morgan fingerprint density at radius 2 is 1.97 bits per heavy atom. The van der Waals surface area contributed by atoms with Crippen molar-refractivity contribution in [2.24, 2.45) is 0 Å². The van der Waals surface area contributed by atoms with Crippen molar-refractivity contribution in [2.75, 3.05) is 5.32 Å². The Bertz CT molecular complexity index is 1010. The molecule has 0 bridgehead atoms. The number of nitrogens with one attached hydrogen (secondary N) is 2. The first-order valence-electron chi connectivity index (χ1n) is 9.52. The molecule has 0 aromatic heterocycles. The van der Waals surface area contributed by atoms with E-state index in [2.05, 4.69) is 22.8 Å². The van der Waals surface area contributed by atoms with E-state index in [1.54, 1.807) is 6.07 Å². The summed E-state index contributed by atoms with van der Waals surface area (Å²) in [5.74, 6) is -0.504. The molecule has 3 rings (SSSR count). The lowest BCUT2D eigenvalue weighted by Crippen LogP contribution is -2.28. The number of carbonyl (C=O) groups excluding carboxylic acids is 1. The van der Waals surface area contributed by atoms with Gasteiger partial charge in [-0.2, -0.15) is 5.26 Å². The monoisotopic (exact) mass is 390 g/mol. The fraction of sp³-hybridized carbons (Fsp3) is 0.273. The van der Waals surface area contributed by atoms with Crippen molar-refractivity contribution in [3.63, 3.8) is 0 Å². The summed E-state index contributed by atoms with van der Waals surface area (Å²) in [6, 6.07) is 13.7. The van der Waals surface area contributed by atoms with E-state index in [-0.39, 0.29) is 17.3 Å². The molecule has 1 aliphatic rings. The quantitative estimate of drug-likeness (QED) is 0.333. The van der Waals surface area contributed by atoms with E-state index in [1.807, 2.05) is 19.1 Å². The molecule has 1 aliphatic carbocycles. The van der Waals surface area contributed by atoms with Crippen LogP contribution >= 0.6 is 0 Å². The lowest BCUT2D eigenvalue weighted by Gasteiger charge is -2.20. The van der Waals surface area contributed by atoms with Crippen molar-refractivity contribution < 1.29 is 9.72 Å². The topological polar surface area (TPSA) is 108 Å². The zero-order chi connectivity index (χ0) is 20.8. The molecule has 0 radical (unpaired) electrons. The van der Waals surface area contributed by atoms with Crippen LogP contribution in [0.25, 0.3) is 0 Å². The summed E-state index contributed by atoms with van der Waals surface area (Å²) < 4.78 is 0. The first-order valence-corrected chi connectivity index (χ1v) is 9.52. The van der Waals surface area contributed by atoms with Gasteiger partial charge in [-0.05, 0) is 55.4 Å². The number of hydrogen-bond donors (Lipinski definition) is 2. The van der Waals surface area contributed by atoms with Gasteiger partial charge in [0.15, 0.2) is 0 Å². The molecule has 2 aromatic rings. The minimum absolute atomic E-state index is 0.0765. The molecule has 7 nitrogen and oxygen atoms in total. The van der Waals surface area contributed by atoms with Gasteiger partial charge in [0.25, 0.3) is 11.6 Å². The second-order valence-corrected chi connectivity index (χ2v) is 7.05. The van der Waals surface area contributed by atoms with Gasteiger partial charge in [-0.3, -0.25) is 14.9 Å². The minimum Gasteiger partial charge on any atom is -0.360 e. The Balaban J connectivity index is 1.68. The first kappa shape index (κ1) is 20.1. The van der Waals surface area contributed by atoms with Gasteiger partial charge in [0, 0.05) is 24.0 Å². The van der Waals surface area contributed by atoms with Crippen LogP contribution in [0.5, 0.6) is 0 Å². The van der Waals surface area contributed by atoms with E-state index in [9.17, 15) is 20.2 Å². The van der Waals surface area contributed by atoms with E-state index in [0.717, 1.165) is 18.4 Å². The molecular weight excluding hydrogens is 368 g/mol. The normalized spacial score (nSPS) is 14.3. The van der Waals surface area contributed by atoms with E-state index in [0.29, 0.717) is 5.69 Å². The van der Waals surface area contributed by atoms with Crippen LogP contribution in [0.4, 0.5) is 11.4 Å². The van der Waals surface area contributed by atoms with Crippen molar-refractivity contribution in [3.8, 4) is 6.07 Å². The van der Waals surface area contributed by atoms with Crippen LogP contribution < -0.4 is 10.6 Å². The largest absolute Gasteiger partial charge is 0.360 e. The molecule has 29 heavy (non-hydrogen) atoms. The number of amides is 1. The third-order valence-corrected chi connectivity index (χ3v) is 5.03. The molecule has 7 heteroatoms. The summed E-state index contributed by atoms with van der Waals surface area (Å²) in [7, 11) is 0. The maximum atomic E-state index is 12.5. The minimum atomic E-state index is -0.507. The molecule has 2 aromatic carbocycles. The molecule has 1 unspecified atom stereocenters. The number of nitro groups is 1. The first-order chi connectivity index (χ1) is 14.0. The summed E-state index contributed by atoms with van der Waals surface area (Å²) in [4.78, 5) is 22.8. The maximum absolute atomic E-state index is 12.5. The van der Waals surface area contributed by atoms with E-state index in [1.165, 1.54) is 48.4 Å². The average Bonchev–Trinajstić information content (AvgIpc) is 2.74. The van der Waals surface area contributed by atoms with Crippen molar-refractivity contribution in [1.29, 1.82) is 5.26 Å². The second kappa shape index (κ2) is 9.02. The Hall–Kier alpha value is -3.66. The van der Waals surface area contributed by atoms with Crippen LogP contribution in [-0.2, 0) is 17.6 Å². The van der Waals surface area contributed by atoms with E-state index in [4.69, 9.17) is 0 Å². The Kier molecular flexibility index (Phi) is 6.25. The third kappa shape index (κ3) is 4.99. The number of rotatable bonds is 6. The van der Waals surface area contributed by atoms with Gasteiger partial charge in [-0.1, -0.05) is 24.3 Å². The van der Waals surface area contributed by atoms with Gasteiger partial charge in [0.1, 0.15) is 11.6 Å². The van der Waals surface area contributed by atoms with Gasteiger partial charge in [-0.15, -0.1) is 0 Å². The Labute approximate surface area is 169 Å². The van der Waals surface area contributed by atoms with Crippen molar-refractivity contribution >= 4 is 17.3 Å². The van der Waals surface area contributed by atoms with Crippen LogP contribution in [0.1, 0.15) is 42.5 Å². The number of nitriles is 1. The average molecular weight is 390 g/mol. The zero-order valence-electron chi connectivity index (χ0n) is 16.1. The SMILES string of the molecule is CC(NC(=O)/C(C#N)=C\Nc1cccc([N+](=O)[O-])c1)c1ccc2c(c1)CCCC2. The number of nitrogens with zero attached hydrogens (tertiary/aromatic N) is 2. The summed E-state index contributed by atoms with van der Waals surface area (Å²) >= 11 is 0. The number of aryl methyl sites for hydroxylation is 2. The lowest BCUT2D eigenvalue weighted by atomic mass is 9.89. The van der Waals surface area contributed by atoms with Crippen LogP contribution in [0, 0.1) is 21.4 Å². The number of hydrogen-bond acceptors (Lipinski definition) is 5. The summed E-state index contributed by atoms with van der Waals surface area (Å²) in [6.07, 6.45) is 5.81. The highest BCUT2D eigenvalue weighted by Crippen LogP contribution is 2.25. The fourth-order valence-electron chi connectivity index (χ4n) is 3.39. The molecule has 1 atom stereocenters. The van der Waals surface area contributed by atoms with Crippen LogP contribution in [0.15, 0.2) is 54.2 Å². The van der Waals surface area contributed by atoms with E-state index >= 15 is 0 Å². The molecule has 0 spiro atoms. The molecule has 1 amide bonds. The van der Waals surface area contributed by atoms with Gasteiger partial charge in [-0.25, -0.2) is 0 Å². The highest BCUT2D eigenvalue weighted by Gasteiger charge is 2.16. The third-order valence-electron chi connectivity index (χ3n) is 5.03. The molecule has 2 N–H and O–H groups in total. The number of nitro benzene ring substituents is 1. The molecule has 0 saturated carbocycles. The molecule has 0 aliphatic heterocycles. The molecule has 0 fully saturated rings. The predicted molar refractivity (Wildman–Crippen MR) is 110 cm³/mol. The summed E-state index contributed by atoms with van der Waals surface area (Å²) in [5, 5.41) is 25.8. The van der Waals surface area contributed by atoms with Crippen molar-refractivity contribution in [1.82, 2.24) is 5.32 Å². The van der Waals surface area contributed by atoms with Gasteiger partial charge >= 0.3 is 0 Å². The summed E-state index contributed by atoms with van der Waals surface area (Å²) in [5.41, 5.74) is 3.94. The van der Waals surface area contributed by atoms with Gasteiger partial charge in [0.2, 0.25) is 0 Å². The smallest absolute Gasteiger partial charge is 0.271 e. The molecule has 0 saturated heterocycles. The zero-order valence-corrected chi connectivity index (χ0v) is 16.1. The standard InChI is InChI=1S/C22H22N4O3/c1-15(17-10-9-16-5-2-3-6-18(16)11-17)25-22(27)19(13-23)14-24-20-7-4-8-21(12-20)26(28)29/h4,7-12,14-15,24H,2-3,5-6H2,1H3,(H,25,27)/b19-14-. The molecule has 0 heterocycles. The molecule has 148 valence electrons. The van der Waals surface area contributed by atoms with Gasteiger partial charge in [0.05, 0.1) is 11.0 Å². The number of non-ortho nitro benzene ring substituents is 1. The Morgan fingerprint density at radius 3 is 2.69 bits per heavy atom. The second-order valence-electron chi connectivity index (χ2n) is 7.05. The predicted octanol–water partition coefficient (Wildman–Crippen LogP) is 4.17. The van der Waals surface area contributed by atoms with Crippen LogP contribution in [0.2, 0.25) is 0 Å².